The first kappa shape index (κ1) is 21.6. The second-order valence-electron chi connectivity index (χ2n) is 7.23. The summed E-state index contributed by atoms with van der Waals surface area (Å²) in [6, 6.07) is 5.80. The van der Waals surface area contributed by atoms with Crippen molar-refractivity contribution in [2.45, 2.75) is 65.8 Å². The topological polar surface area (TPSA) is 66.5 Å². The van der Waals surface area contributed by atoms with E-state index in [0.29, 0.717) is 6.42 Å². The third kappa shape index (κ3) is 5.82. The summed E-state index contributed by atoms with van der Waals surface area (Å²) in [5.41, 5.74) is 2.94. The number of carbonyl (C=O) groups is 1. The zero-order valence-corrected chi connectivity index (χ0v) is 17.3. The molecule has 142 valence electrons. The van der Waals surface area contributed by atoms with E-state index in [1.54, 1.807) is 0 Å². The molecule has 1 amide bonds. The smallest absolute Gasteiger partial charge is 0.239 e. The van der Waals surface area contributed by atoms with Gasteiger partial charge >= 0.3 is 0 Å². The van der Waals surface area contributed by atoms with E-state index in [0.717, 1.165) is 23.1 Å². The number of amides is 1. The minimum atomic E-state index is -3.44. The minimum Gasteiger partial charge on any atom is -0.324 e. The van der Waals surface area contributed by atoms with Crippen LogP contribution in [0, 0.1) is 0 Å². The van der Waals surface area contributed by atoms with Crippen LogP contribution in [0.15, 0.2) is 18.2 Å². The molecule has 25 heavy (non-hydrogen) atoms. The predicted octanol–water partition coefficient (Wildman–Crippen LogP) is 3.93. The van der Waals surface area contributed by atoms with Crippen molar-refractivity contribution in [3.63, 3.8) is 0 Å². The van der Waals surface area contributed by atoms with E-state index < -0.39 is 10.0 Å². The summed E-state index contributed by atoms with van der Waals surface area (Å²) < 4.78 is 25.3. The zero-order chi connectivity index (χ0) is 19.4. The zero-order valence-electron chi connectivity index (χ0n) is 16.5. The number of para-hydroxylation sites is 1. The molecule has 0 aliphatic heterocycles. The van der Waals surface area contributed by atoms with Crippen molar-refractivity contribution in [1.82, 2.24) is 4.31 Å². The normalized spacial score (nSPS) is 13.5. The van der Waals surface area contributed by atoms with Gasteiger partial charge in [0.15, 0.2) is 0 Å². The Bertz CT molecular complexity index is 670. The van der Waals surface area contributed by atoms with Gasteiger partial charge in [0.25, 0.3) is 0 Å². The highest BCUT2D eigenvalue weighted by Crippen LogP contribution is 2.32. The van der Waals surface area contributed by atoms with Crippen molar-refractivity contribution in [2.24, 2.45) is 0 Å². The van der Waals surface area contributed by atoms with Crippen LogP contribution in [0.25, 0.3) is 0 Å². The van der Waals surface area contributed by atoms with E-state index in [9.17, 15) is 13.2 Å². The van der Waals surface area contributed by atoms with Gasteiger partial charge < -0.3 is 5.32 Å². The van der Waals surface area contributed by atoms with E-state index in [2.05, 4.69) is 33.0 Å². The van der Waals surface area contributed by atoms with Crippen LogP contribution < -0.4 is 5.32 Å². The van der Waals surface area contributed by atoms with Gasteiger partial charge in [0, 0.05) is 11.7 Å². The van der Waals surface area contributed by atoms with Crippen LogP contribution in [-0.2, 0) is 14.8 Å². The second-order valence-corrected chi connectivity index (χ2v) is 9.17. The average Bonchev–Trinajstić information content (AvgIpc) is 2.50. The first-order valence-corrected chi connectivity index (χ1v) is 10.7. The molecule has 1 aromatic rings. The lowest BCUT2D eigenvalue weighted by Crippen LogP contribution is -2.42. The molecule has 0 aromatic heterocycles. The molecule has 0 bridgehead atoms. The number of hydrogen-bond acceptors (Lipinski definition) is 3. The maximum Gasteiger partial charge on any atom is 0.239 e. The van der Waals surface area contributed by atoms with Crippen LogP contribution in [0.5, 0.6) is 0 Å². The van der Waals surface area contributed by atoms with Crippen molar-refractivity contribution in [2.75, 3.05) is 18.1 Å². The molecule has 0 aliphatic carbocycles. The van der Waals surface area contributed by atoms with E-state index in [4.69, 9.17) is 0 Å². The summed E-state index contributed by atoms with van der Waals surface area (Å²) in [5, 5.41) is 2.98. The molecule has 1 aromatic carbocycles. The first-order chi connectivity index (χ1) is 11.5. The van der Waals surface area contributed by atoms with Crippen molar-refractivity contribution >= 4 is 21.6 Å². The summed E-state index contributed by atoms with van der Waals surface area (Å²) in [6.07, 6.45) is 1.80. The quantitative estimate of drug-likeness (QED) is 0.756. The van der Waals surface area contributed by atoms with Crippen LogP contribution in [0.4, 0.5) is 5.69 Å². The van der Waals surface area contributed by atoms with Gasteiger partial charge in [-0.1, -0.05) is 52.8 Å². The molecule has 0 heterocycles. The number of nitrogens with zero attached hydrogens (tertiary/aromatic N) is 1. The molecule has 1 unspecified atom stereocenters. The highest BCUT2D eigenvalue weighted by molar-refractivity contribution is 7.88. The SMILES string of the molecule is CCC(C)N(CC(=O)Nc1c(C(C)C)cccc1C(C)C)S(C)(=O)=O. The molecule has 0 saturated carbocycles. The molecule has 0 fully saturated rings. The van der Waals surface area contributed by atoms with Crippen LogP contribution in [0.2, 0.25) is 0 Å². The molecule has 1 atom stereocenters. The highest BCUT2D eigenvalue weighted by Gasteiger charge is 2.25. The monoisotopic (exact) mass is 368 g/mol. The average molecular weight is 369 g/mol. The number of anilines is 1. The molecule has 0 saturated heterocycles. The van der Waals surface area contributed by atoms with Gasteiger partial charge in [0.05, 0.1) is 12.8 Å². The Morgan fingerprint density at radius 3 is 1.92 bits per heavy atom. The van der Waals surface area contributed by atoms with E-state index >= 15 is 0 Å². The Balaban J connectivity index is 3.15. The third-order valence-corrected chi connectivity index (χ3v) is 5.79. The van der Waals surface area contributed by atoms with Crippen molar-refractivity contribution in [3.05, 3.63) is 29.3 Å². The van der Waals surface area contributed by atoms with Gasteiger partial charge in [-0.25, -0.2) is 8.42 Å². The maximum absolute atomic E-state index is 12.6. The van der Waals surface area contributed by atoms with Gasteiger partial charge in [-0.3, -0.25) is 4.79 Å². The van der Waals surface area contributed by atoms with Crippen LogP contribution in [0.3, 0.4) is 0 Å². The molecular weight excluding hydrogens is 336 g/mol. The van der Waals surface area contributed by atoms with E-state index in [1.165, 1.54) is 4.31 Å². The minimum absolute atomic E-state index is 0.169. The lowest BCUT2D eigenvalue weighted by Gasteiger charge is -2.26. The number of benzene rings is 1. The van der Waals surface area contributed by atoms with Gasteiger partial charge in [-0.2, -0.15) is 4.31 Å². The fourth-order valence-corrected chi connectivity index (χ4v) is 3.97. The van der Waals surface area contributed by atoms with Crippen LogP contribution >= 0.6 is 0 Å². The largest absolute Gasteiger partial charge is 0.324 e. The molecule has 5 nitrogen and oxygen atoms in total. The molecule has 1 N–H and O–H groups in total. The molecule has 0 spiro atoms. The summed E-state index contributed by atoms with van der Waals surface area (Å²) in [4.78, 5) is 12.6. The van der Waals surface area contributed by atoms with Gasteiger partial charge in [0.2, 0.25) is 15.9 Å². The Hall–Kier alpha value is -1.40. The van der Waals surface area contributed by atoms with Crippen molar-refractivity contribution in [1.29, 1.82) is 0 Å². The predicted molar refractivity (Wildman–Crippen MR) is 105 cm³/mol. The van der Waals surface area contributed by atoms with Gasteiger partial charge in [0.1, 0.15) is 0 Å². The van der Waals surface area contributed by atoms with Crippen molar-refractivity contribution in [3.8, 4) is 0 Å². The molecular formula is C19H32N2O3S. The van der Waals surface area contributed by atoms with Crippen LogP contribution in [0.1, 0.15) is 70.9 Å². The third-order valence-electron chi connectivity index (χ3n) is 4.45. The fourth-order valence-electron chi connectivity index (χ4n) is 2.82. The Kier molecular flexibility index (Phi) is 7.62. The van der Waals surface area contributed by atoms with Gasteiger partial charge in [-0.15, -0.1) is 0 Å². The summed E-state index contributed by atoms with van der Waals surface area (Å²) >= 11 is 0. The standard InChI is InChI=1S/C19H32N2O3S/c1-8-15(6)21(25(7,23)24)12-18(22)20-19-16(13(2)3)10-9-11-17(19)14(4)5/h9-11,13-15H,8,12H2,1-7H3,(H,20,22). The summed E-state index contributed by atoms with van der Waals surface area (Å²) in [5.74, 6) is 0.213. The molecule has 6 heteroatoms. The van der Waals surface area contributed by atoms with E-state index in [-0.39, 0.29) is 30.3 Å². The molecule has 0 radical (unpaired) electrons. The number of carbonyl (C=O) groups excluding carboxylic acids is 1. The Labute approximate surface area is 152 Å². The van der Waals surface area contributed by atoms with Crippen molar-refractivity contribution < 1.29 is 13.2 Å². The second kappa shape index (κ2) is 8.81. The Morgan fingerprint density at radius 1 is 1.08 bits per heavy atom. The first-order valence-electron chi connectivity index (χ1n) is 8.88. The lowest BCUT2D eigenvalue weighted by molar-refractivity contribution is -0.116. The Morgan fingerprint density at radius 2 is 1.56 bits per heavy atom. The number of rotatable bonds is 8. The number of hydrogen-bond donors (Lipinski definition) is 1. The number of sulfonamides is 1. The van der Waals surface area contributed by atoms with Crippen LogP contribution in [-0.4, -0.2) is 37.5 Å². The molecule has 1 rings (SSSR count). The number of nitrogens with one attached hydrogen (secondary N) is 1. The lowest BCUT2D eigenvalue weighted by atomic mass is 9.92. The summed E-state index contributed by atoms with van der Waals surface area (Å²) in [7, 11) is -3.44. The fraction of sp³-hybridized carbons (Fsp3) is 0.632. The van der Waals surface area contributed by atoms with Gasteiger partial charge in [-0.05, 0) is 36.3 Å². The van der Waals surface area contributed by atoms with E-state index in [1.807, 2.05) is 32.0 Å². The maximum atomic E-state index is 12.6. The highest BCUT2D eigenvalue weighted by atomic mass is 32.2. The summed E-state index contributed by atoms with van der Waals surface area (Å²) in [6.45, 7) is 11.9. The molecule has 0 aliphatic rings.